The predicted molar refractivity (Wildman–Crippen MR) is 42.9 cm³/mol. The zero-order valence-electron chi connectivity index (χ0n) is 6.75. The van der Waals surface area contributed by atoms with Crippen molar-refractivity contribution in [2.75, 3.05) is 0 Å². The van der Waals surface area contributed by atoms with Crippen molar-refractivity contribution in [2.45, 2.75) is 13.2 Å². The summed E-state index contributed by atoms with van der Waals surface area (Å²) in [5.41, 5.74) is 0. The van der Waals surface area contributed by atoms with E-state index in [2.05, 4.69) is 24.3 Å². The van der Waals surface area contributed by atoms with Crippen LogP contribution in [0.1, 0.15) is 6.42 Å². The molecule has 1 heteroatoms. The highest BCUT2D eigenvalue weighted by Gasteiger charge is 2.19. The molecular formula is C8H12B. The van der Waals surface area contributed by atoms with Crippen molar-refractivity contribution in [3.8, 4) is 0 Å². The normalized spacial score (nSPS) is 35.4. The van der Waals surface area contributed by atoms with Crippen LogP contribution in [0.3, 0.4) is 0 Å². The fraction of sp³-hybridized carbons (Fsp3) is 0.500. The lowest BCUT2D eigenvalue weighted by Gasteiger charge is -1.88. The Hall–Kier alpha value is -0.455. The first kappa shape index (κ1) is 5.34. The SMILES string of the molecule is C1=CC2C=CC1C2.[2H][B]C. The first-order chi connectivity index (χ1) is 4.86. The summed E-state index contributed by atoms with van der Waals surface area (Å²) in [5, 5.41) is 0. The fourth-order valence-electron chi connectivity index (χ4n) is 1.33. The highest BCUT2D eigenvalue weighted by atomic mass is 14.2. The van der Waals surface area contributed by atoms with Crippen LogP contribution in [0, 0.1) is 11.8 Å². The molecule has 2 aliphatic carbocycles. The maximum atomic E-state index is 6.08. The summed E-state index contributed by atoms with van der Waals surface area (Å²) in [6.07, 6.45) is 10.5. The van der Waals surface area contributed by atoms with E-state index < -0.39 is 0 Å². The molecule has 0 N–H and O–H groups in total. The standard InChI is InChI=1S/C7H8.CH4B/c1-2-7-4-3-6(1)5-7;1-2/h1-4,6-7H,5H2;2H,1H3/i;2D. The molecule has 2 rings (SSSR count). The monoisotopic (exact) mass is 120 g/mol. The molecule has 0 unspecified atom stereocenters. The minimum atomic E-state index is 0.810. The molecule has 0 aromatic rings. The van der Waals surface area contributed by atoms with Gasteiger partial charge in [-0.25, -0.2) is 0 Å². The van der Waals surface area contributed by atoms with Crippen molar-refractivity contribution in [1.82, 2.24) is 0 Å². The zero-order chi connectivity index (χ0) is 7.40. The van der Waals surface area contributed by atoms with Crippen LogP contribution in [0.15, 0.2) is 24.3 Å². The lowest BCUT2D eigenvalue weighted by atomic mass is 10.2. The molecule has 0 nitrogen and oxygen atoms in total. The van der Waals surface area contributed by atoms with Crippen LogP contribution >= 0.6 is 0 Å². The van der Waals surface area contributed by atoms with Crippen LogP contribution in [-0.2, 0) is 0 Å². The molecule has 9 heavy (non-hydrogen) atoms. The summed E-state index contributed by atoms with van der Waals surface area (Å²) in [6.45, 7) is 1.67. The van der Waals surface area contributed by atoms with E-state index in [-0.39, 0.29) is 0 Å². The van der Waals surface area contributed by atoms with E-state index in [4.69, 9.17) is 1.34 Å². The third-order valence-corrected chi connectivity index (χ3v) is 1.76. The Balaban J connectivity index is 0.000000148. The van der Waals surface area contributed by atoms with Crippen LogP contribution in [-0.4, -0.2) is 9.15 Å². The number of hydrogen-bond acceptors (Lipinski definition) is 0. The second kappa shape index (κ2) is 2.91. The quantitative estimate of drug-likeness (QED) is 0.337. The van der Waals surface area contributed by atoms with Gasteiger partial charge in [0.15, 0.2) is 0 Å². The van der Waals surface area contributed by atoms with Gasteiger partial charge in [0.1, 0.15) is 0 Å². The predicted octanol–water partition coefficient (Wildman–Crippen LogP) is 1.68. The lowest BCUT2D eigenvalue weighted by Crippen LogP contribution is -1.79. The summed E-state index contributed by atoms with van der Waals surface area (Å²) in [4.78, 5) is 0. The minimum Gasteiger partial charge on any atom is -0.0958 e. The molecule has 0 fully saturated rings. The van der Waals surface area contributed by atoms with E-state index in [1.54, 1.807) is 6.82 Å². The Morgan fingerprint density at radius 1 is 1.33 bits per heavy atom. The van der Waals surface area contributed by atoms with E-state index >= 15 is 0 Å². The van der Waals surface area contributed by atoms with Crippen LogP contribution in [0.25, 0.3) is 0 Å². The van der Waals surface area contributed by atoms with Crippen LogP contribution < -0.4 is 0 Å². The van der Waals surface area contributed by atoms with Gasteiger partial charge in [-0.2, -0.15) is 0 Å². The van der Waals surface area contributed by atoms with Gasteiger partial charge in [-0.3, -0.25) is 0 Å². The van der Waals surface area contributed by atoms with Gasteiger partial charge < -0.3 is 0 Å². The first-order valence-corrected chi connectivity index (χ1v) is 3.39. The minimum absolute atomic E-state index is 0.810. The van der Waals surface area contributed by atoms with Crippen molar-refractivity contribution in [2.24, 2.45) is 11.8 Å². The van der Waals surface area contributed by atoms with Gasteiger partial charge in [0.2, 0.25) is 0 Å². The molecule has 0 spiro atoms. The van der Waals surface area contributed by atoms with E-state index in [1.165, 1.54) is 14.2 Å². The van der Waals surface area contributed by atoms with Gasteiger partial charge in [0.25, 0.3) is 0 Å². The van der Waals surface area contributed by atoms with Crippen LogP contribution in [0.2, 0.25) is 6.82 Å². The molecule has 0 atom stereocenters. The van der Waals surface area contributed by atoms with Crippen molar-refractivity contribution in [1.29, 1.82) is 1.34 Å². The number of allylic oxidation sites excluding steroid dienone is 4. The molecule has 0 saturated carbocycles. The van der Waals surface area contributed by atoms with Crippen molar-refractivity contribution in [3.05, 3.63) is 24.3 Å². The second-order valence-electron chi connectivity index (χ2n) is 2.33. The van der Waals surface area contributed by atoms with E-state index in [9.17, 15) is 0 Å². The van der Waals surface area contributed by atoms with Crippen LogP contribution in [0.4, 0.5) is 0 Å². The topological polar surface area (TPSA) is 0 Å². The molecule has 1 radical (unpaired) electrons. The third-order valence-electron chi connectivity index (χ3n) is 1.76. The Labute approximate surface area is 59.4 Å². The summed E-state index contributed by atoms with van der Waals surface area (Å²) in [7, 11) is 1.25. The van der Waals surface area contributed by atoms with E-state index in [1.807, 2.05) is 0 Å². The summed E-state index contributed by atoms with van der Waals surface area (Å²) < 4.78 is 6.08. The molecule has 0 heterocycles. The van der Waals surface area contributed by atoms with Crippen molar-refractivity contribution >= 4 is 7.81 Å². The van der Waals surface area contributed by atoms with Crippen molar-refractivity contribution < 1.29 is 0 Å². The summed E-state index contributed by atoms with van der Waals surface area (Å²) in [6, 6.07) is 0. The van der Waals surface area contributed by atoms with Gasteiger partial charge in [-0.05, 0) is 19.6 Å². The molecule has 0 amide bonds. The highest BCUT2D eigenvalue weighted by molar-refractivity contribution is 6.05. The summed E-state index contributed by atoms with van der Waals surface area (Å²) in [5.74, 6) is 1.62. The highest BCUT2D eigenvalue weighted by Crippen LogP contribution is 2.31. The molecule has 2 bridgehead atoms. The zero-order valence-corrected chi connectivity index (χ0v) is 5.75. The summed E-state index contributed by atoms with van der Waals surface area (Å²) >= 11 is 0. The fourth-order valence-corrected chi connectivity index (χ4v) is 1.33. The van der Waals surface area contributed by atoms with Gasteiger partial charge in [0, 0.05) is 0 Å². The largest absolute Gasteiger partial charge is 0.0958 e. The molecule has 47 valence electrons. The van der Waals surface area contributed by atoms with Gasteiger partial charge >= 0.3 is 0 Å². The number of fused-ring (bicyclic) bond motifs is 2. The molecule has 0 aromatic heterocycles. The molecular weight excluding hydrogens is 107 g/mol. The first-order valence-electron chi connectivity index (χ1n) is 3.97. The maximum Gasteiger partial charge on any atom is 0.0823 e. The Bertz CT molecular complexity index is 123. The van der Waals surface area contributed by atoms with Gasteiger partial charge in [-0.1, -0.05) is 31.1 Å². The average molecular weight is 120 g/mol. The Kier molecular flexibility index (Phi) is 1.72. The maximum absolute atomic E-state index is 6.08. The molecule has 0 saturated heterocycles. The smallest absolute Gasteiger partial charge is 0.0823 e. The second-order valence-corrected chi connectivity index (χ2v) is 2.33. The molecule has 2 aliphatic rings. The average Bonchev–Trinajstić information content (AvgIpc) is 2.49. The van der Waals surface area contributed by atoms with Gasteiger partial charge in [-0.15, -0.1) is 0 Å². The van der Waals surface area contributed by atoms with E-state index in [0.717, 1.165) is 11.8 Å². The lowest BCUT2D eigenvalue weighted by molar-refractivity contribution is 0.732. The molecule has 0 aliphatic heterocycles. The third kappa shape index (κ3) is 1.26. The van der Waals surface area contributed by atoms with Crippen molar-refractivity contribution in [3.63, 3.8) is 0 Å². The van der Waals surface area contributed by atoms with E-state index in [0.29, 0.717) is 0 Å². The van der Waals surface area contributed by atoms with Gasteiger partial charge in [0.05, 0.1) is 7.81 Å². The number of rotatable bonds is 0. The van der Waals surface area contributed by atoms with Crippen LogP contribution in [0.5, 0.6) is 0 Å². The Morgan fingerprint density at radius 2 is 1.67 bits per heavy atom. The molecule has 0 aromatic carbocycles. The number of hydrogen-bond donors (Lipinski definition) is 0. The Morgan fingerprint density at radius 3 is 1.78 bits per heavy atom.